The van der Waals surface area contributed by atoms with E-state index in [-0.39, 0.29) is 36.8 Å². The molecule has 2 amide bonds. The lowest BCUT2D eigenvalue weighted by atomic mass is 10.0. The molecule has 1 aromatic rings. The van der Waals surface area contributed by atoms with Crippen molar-refractivity contribution < 1.29 is 19.4 Å². The normalized spacial score (nSPS) is 25.6. The lowest BCUT2D eigenvalue weighted by Crippen LogP contribution is -2.49. The van der Waals surface area contributed by atoms with Crippen LogP contribution in [0.3, 0.4) is 0 Å². The summed E-state index contributed by atoms with van der Waals surface area (Å²) in [5, 5.41) is 17.2. The fraction of sp³-hybridized carbons (Fsp3) is 0.588. The molecule has 0 bridgehead atoms. The third-order valence-electron chi connectivity index (χ3n) is 4.29. The van der Waals surface area contributed by atoms with E-state index in [9.17, 15) is 14.7 Å². The molecule has 3 N–H and O–H groups in total. The first-order valence-corrected chi connectivity index (χ1v) is 9.48. The fourth-order valence-corrected chi connectivity index (χ4v) is 3.30. The van der Waals surface area contributed by atoms with Crippen molar-refractivity contribution in [1.82, 2.24) is 15.6 Å². The van der Waals surface area contributed by atoms with Gasteiger partial charge in [0, 0.05) is 24.3 Å². The fourth-order valence-electron chi connectivity index (χ4n) is 2.71. The first-order chi connectivity index (χ1) is 12.2. The Labute approximate surface area is 150 Å². The van der Waals surface area contributed by atoms with Crippen LogP contribution in [0, 0.1) is 5.92 Å². The minimum atomic E-state index is -0.527. The van der Waals surface area contributed by atoms with Gasteiger partial charge in [-0.2, -0.15) is 0 Å². The van der Waals surface area contributed by atoms with E-state index in [0.717, 1.165) is 18.5 Å². The van der Waals surface area contributed by atoms with Crippen LogP contribution in [0.1, 0.15) is 25.0 Å². The van der Waals surface area contributed by atoms with Gasteiger partial charge in [0.25, 0.3) is 0 Å². The summed E-state index contributed by atoms with van der Waals surface area (Å²) in [6.45, 7) is 0.324. The van der Waals surface area contributed by atoms with Crippen molar-refractivity contribution in [3.63, 3.8) is 0 Å². The van der Waals surface area contributed by atoms with Crippen LogP contribution in [-0.4, -0.2) is 53.3 Å². The maximum atomic E-state index is 12.0. The highest BCUT2D eigenvalue weighted by Gasteiger charge is 2.34. The van der Waals surface area contributed by atoms with E-state index >= 15 is 0 Å². The molecule has 2 heterocycles. The van der Waals surface area contributed by atoms with Crippen molar-refractivity contribution in [3.8, 4) is 0 Å². The summed E-state index contributed by atoms with van der Waals surface area (Å²) in [4.78, 5) is 28.0. The Morgan fingerprint density at radius 3 is 2.88 bits per heavy atom. The summed E-state index contributed by atoms with van der Waals surface area (Å²) in [5.41, 5.74) is 2.74. The third kappa shape index (κ3) is 5.35. The van der Waals surface area contributed by atoms with Crippen molar-refractivity contribution in [2.24, 2.45) is 5.92 Å². The van der Waals surface area contributed by atoms with E-state index in [2.05, 4.69) is 15.6 Å². The van der Waals surface area contributed by atoms with E-state index in [0.29, 0.717) is 13.0 Å². The number of nitrogens with one attached hydrogen (secondary N) is 2. The van der Waals surface area contributed by atoms with Gasteiger partial charge in [-0.3, -0.25) is 9.59 Å². The lowest BCUT2D eigenvalue weighted by Gasteiger charge is -2.31. The van der Waals surface area contributed by atoms with E-state index in [1.807, 2.05) is 11.5 Å². The van der Waals surface area contributed by atoms with Gasteiger partial charge in [0.1, 0.15) is 6.10 Å². The summed E-state index contributed by atoms with van der Waals surface area (Å²) in [6, 6.07) is -0.345. The molecule has 2 aliphatic rings. The molecule has 1 aliphatic heterocycles. The van der Waals surface area contributed by atoms with E-state index in [4.69, 9.17) is 4.74 Å². The minimum absolute atomic E-state index is 0.00920. The number of amides is 2. The van der Waals surface area contributed by atoms with Crippen LogP contribution < -0.4 is 10.6 Å². The van der Waals surface area contributed by atoms with Gasteiger partial charge in [0.2, 0.25) is 11.8 Å². The van der Waals surface area contributed by atoms with E-state index in [1.54, 1.807) is 11.6 Å². The summed E-state index contributed by atoms with van der Waals surface area (Å²) in [7, 11) is 0. The second-order valence-electron chi connectivity index (χ2n) is 6.37. The summed E-state index contributed by atoms with van der Waals surface area (Å²) in [5.74, 6) is 0.00549. The second kappa shape index (κ2) is 8.55. The Hall–Kier alpha value is -1.77. The first kappa shape index (κ1) is 18.0. The Bertz CT molecular complexity index is 615. The average Bonchev–Trinajstić information content (AvgIpc) is 3.33. The van der Waals surface area contributed by atoms with Crippen LogP contribution in [0.2, 0.25) is 0 Å². The molecule has 1 saturated carbocycles. The van der Waals surface area contributed by atoms with Crippen molar-refractivity contribution >= 4 is 23.2 Å². The zero-order valence-electron chi connectivity index (χ0n) is 13.9. The SMILES string of the molecule is O=C(C[C@H]1C=C[C@H](NC(=O)C2CC2)[C@H](CO)O1)NCCc1cscn1. The molecule has 0 saturated heterocycles. The lowest BCUT2D eigenvalue weighted by molar-refractivity contribution is -0.128. The molecule has 25 heavy (non-hydrogen) atoms. The number of carbonyl (C=O) groups is 2. The standard InChI is InChI=1S/C17H23N3O4S/c21-8-15-14(20-17(23)11-1-2-11)4-3-13(24-15)7-16(22)18-6-5-12-9-25-10-19-12/h3-4,9-11,13-15,21H,1-2,5-8H2,(H,18,22)(H,20,23)/t13-,14+,15+/m1/s1. The van der Waals surface area contributed by atoms with Crippen molar-refractivity contribution in [3.05, 3.63) is 28.7 Å². The smallest absolute Gasteiger partial charge is 0.223 e. The van der Waals surface area contributed by atoms with Gasteiger partial charge in [0.15, 0.2) is 0 Å². The molecule has 3 rings (SSSR count). The van der Waals surface area contributed by atoms with Gasteiger partial charge in [-0.15, -0.1) is 11.3 Å². The highest BCUT2D eigenvalue weighted by molar-refractivity contribution is 7.07. The van der Waals surface area contributed by atoms with Gasteiger partial charge in [-0.05, 0) is 12.8 Å². The molecule has 1 fully saturated rings. The molecule has 0 radical (unpaired) electrons. The molecule has 3 atom stereocenters. The largest absolute Gasteiger partial charge is 0.394 e. The van der Waals surface area contributed by atoms with Crippen molar-refractivity contribution in [2.75, 3.05) is 13.2 Å². The zero-order chi connectivity index (χ0) is 17.6. The number of thiazole rings is 1. The molecule has 1 aromatic heterocycles. The maximum absolute atomic E-state index is 12.0. The molecule has 8 heteroatoms. The van der Waals surface area contributed by atoms with Gasteiger partial charge >= 0.3 is 0 Å². The maximum Gasteiger partial charge on any atom is 0.223 e. The number of aliphatic hydroxyl groups is 1. The van der Waals surface area contributed by atoms with Crippen LogP contribution in [0.4, 0.5) is 0 Å². The number of hydrogen-bond acceptors (Lipinski definition) is 6. The van der Waals surface area contributed by atoms with E-state index in [1.165, 1.54) is 11.3 Å². The molecule has 0 aromatic carbocycles. The topological polar surface area (TPSA) is 101 Å². The number of aromatic nitrogens is 1. The Kier molecular flexibility index (Phi) is 6.17. The number of rotatable bonds is 8. The number of ether oxygens (including phenoxy) is 1. The van der Waals surface area contributed by atoms with Crippen molar-refractivity contribution in [2.45, 2.75) is 43.9 Å². The summed E-state index contributed by atoms with van der Waals surface area (Å²) >= 11 is 1.53. The monoisotopic (exact) mass is 365 g/mol. The van der Waals surface area contributed by atoms with Crippen LogP contribution in [0.25, 0.3) is 0 Å². The molecular formula is C17H23N3O4S. The molecule has 0 spiro atoms. The first-order valence-electron chi connectivity index (χ1n) is 8.54. The number of hydrogen-bond donors (Lipinski definition) is 3. The van der Waals surface area contributed by atoms with Crippen LogP contribution >= 0.6 is 11.3 Å². The molecule has 1 aliphatic carbocycles. The molecule has 136 valence electrons. The number of nitrogens with zero attached hydrogens (tertiary/aromatic N) is 1. The van der Waals surface area contributed by atoms with Gasteiger partial charge in [-0.25, -0.2) is 4.98 Å². The number of carbonyl (C=O) groups excluding carboxylic acids is 2. The summed E-state index contributed by atoms with van der Waals surface area (Å²) < 4.78 is 5.75. The molecule has 7 nitrogen and oxygen atoms in total. The van der Waals surface area contributed by atoms with Crippen LogP contribution in [-0.2, 0) is 20.7 Å². The van der Waals surface area contributed by atoms with Crippen LogP contribution in [0.15, 0.2) is 23.0 Å². The highest BCUT2D eigenvalue weighted by Crippen LogP contribution is 2.29. The Balaban J connectivity index is 1.43. The predicted octanol–water partition coefficient (Wildman–Crippen LogP) is 0.403. The Morgan fingerprint density at radius 1 is 1.36 bits per heavy atom. The van der Waals surface area contributed by atoms with Gasteiger partial charge < -0.3 is 20.5 Å². The molecule has 0 unspecified atom stereocenters. The quantitative estimate of drug-likeness (QED) is 0.579. The second-order valence-corrected chi connectivity index (χ2v) is 7.09. The Morgan fingerprint density at radius 2 is 2.20 bits per heavy atom. The van der Waals surface area contributed by atoms with Gasteiger partial charge in [-0.1, -0.05) is 12.2 Å². The van der Waals surface area contributed by atoms with E-state index < -0.39 is 12.2 Å². The van der Waals surface area contributed by atoms with Crippen LogP contribution in [0.5, 0.6) is 0 Å². The van der Waals surface area contributed by atoms with Crippen molar-refractivity contribution in [1.29, 1.82) is 0 Å². The molecular weight excluding hydrogens is 342 g/mol. The summed E-state index contributed by atoms with van der Waals surface area (Å²) in [6.07, 6.45) is 5.42. The minimum Gasteiger partial charge on any atom is -0.394 e. The predicted molar refractivity (Wildman–Crippen MR) is 93.0 cm³/mol. The average molecular weight is 365 g/mol. The van der Waals surface area contributed by atoms with Gasteiger partial charge in [0.05, 0.1) is 36.4 Å². The highest BCUT2D eigenvalue weighted by atomic mass is 32.1. The third-order valence-corrected chi connectivity index (χ3v) is 4.93. The zero-order valence-corrected chi connectivity index (χ0v) is 14.7. The number of aliphatic hydroxyl groups excluding tert-OH is 1.